The number of fused-ring (bicyclic) bond motifs is 1. The van der Waals surface area contributed by atoms with Crippen molar-refractivity contribution in [3.63, 3.8) is 0 Å². The molecule has 3 rings (SSSR count). The maximum absolute atomic E-state index is 12.3. The number of rotatable bonds is 3. The van der Waals surface area contributed by atoms with Crippen LogP contribution in [0.25, 0.3) is 5.52 Å². The van der Waals surface area contributed by atoms with E-state index in [1.54, 1.807) is 30.5 Å². The number of methoxy groups -OCH3 is 1. The van der Waals surface area contributed by atoms with E-state index in [2.05, 4.69) is 15.6 Å². The van der Waals surface area contributed by atoms with Crippen LogP contribution in [-0.4, -0.2) is 27.8 Å². The summed E-state index contributed by atoms with van der Waals surface area (Å²) in [6.07, 6.45) is 1.72. The third-order valence-corrected chi connectivity index (χ3v) is 3.26. The number of benzene rings is 1. The summed E-state index contributed by atoms with van der Waals surface area (Å²) in [7, 11) is 1.49. The Morgan fingerprint density at radius 3 is 2.95 bits per heavy atom. The van der Waals surface area contributed by atoms with Gasteiger partial charge in [-0.15, -0.1) is 5.10 Å². The van der Waals surface area contributed by atoms with Crippen LogP contribution in [0.4, 0.5) is 5.69 Å². The van der Waals surface area contributed by atoms with Crippen LogP contribution in [0.1, 0.15) is 10.5 Å². The maximum Gasteiger partial charge on any atom is 0.278 e. The quantitative estimate of drug-likeness (QED) is 0.807. The molecule has 106 valence electrons. The van der Waals surface area contributed by atoms with E-state index >= 15 is 0 Å². The first-order valence-electron chi connectivity index (χ1n) is 6.14. The minimum atomic E-state index is -0.378. The van der Waals surface area contributed by atoms with Crippen molar-refractivity contribution in [2.45, 2.75) is 0 Å². The second-order valence-corrected chi connectivity index (χ2v) is 4.65. The first-order valence-corrected chi connectivity index (χ1v) is 6.52. The maximum atomic E-state index is 12.3. The molecule has 1 N–H and O–H groups in total. The van der Waals surface area contributed by atoms with Crippen molar-refractivity contribution in [2.24, 2.45) is 0 Å². The zero-order valence-electron chi connectivity index (χ0n) is 11.1. The zero-order valence-corrected chi connectivity index (χ0v) is 11.8. The average molecular weight is 303 g/mol. The Kier molecular flexibility index (Phi) is 3.45. The number of aromatic nitrogens is 3. The van der Waals surface area contributed by atoms with Crippen LogP contribution in [0.15, 0.2) is 42.6 Å². The zero-order chi connectivity index (χ0) is 14.8. The Hall–Kier alpha value is -2.60. The fourth-order valence-corrected chi connectivity index (χ4v) is 2.25. The Bertz CT molecular complexity index is 816. The van der Waals surface area contributed by atoms with Gasteiger partial charge < -0.3 is 10.1 Å². The summed E-state index contributed by atoms with van der Waals surface area (Å²) in [5, 5.41) is 10.9. The number of anilines is 1. The van der Waals surface area contributed by atoms with Gasteiger partial charge in [0.2, 0.25) is 0 Å². The molecule has 21 heavy (non-hydrogen) atoms. The molecule has 1 aromatic carbocycles. The van der Waals surface area contributed by atoms with E-state index in [9.17, 15) is 4.79 Å². The highest BCUT2D eigenvalue weighted by atomic mass is 35.5. The van der Waals surface area contributed by atoms with E-state index in [1.165, 1.54) is 11.6 Å². The number of nitrogens with one attached hydrogen (secondary N) is 1. The minimum Gasteiger partial charge on any atom is -0.493 e. The summed E-state index contributed by atoms with van der Waals surface area (Å²) >= 11 is 6.02. The summed E-state index contributed by atoms with van der Waals surface area (Å²) in [6.45, 7) is 0. The minimum absolute atomic E-state index is 0.234. The summed E-state index contributed by atoms with van der Waals surface area (Å²) in [5.74, 6) is 0.0285. The summed E-state index contributed by atoms with van der Waals surface area (Å²) in [5.41, 5.74) is 1.33. The van der Waals surface area contributed by atoms with Crippen molar-refractivity contribution >= 4 is 28.7 Å². The third kappa shape index (κ3) is 2.41. The summed E-state index contributed by atoms with van der Waals surface area (Å²) in [4.78, 5) is 12.3. The second kappa shape index (κ2) is 5.41. The SMILES string of the molecule is COc1c(Cl)cccc1NC(=O)c1nnn2ccccc12. The lowest BCUT2D eigenvalue weighted by atomic mass is 10.2. The van der Waals surface area contributed by atoms with Gasteiger partial charge in [0, 0.05) is 6.20 Å². The molecule has 2 heterocycles. The fraction of sp³-hybridized carbons (Fsp3) is 0.0714. The average Bonchev–Trinajstić information content (AvgIpc) is 2.91. The molecule has 3 aromatic rings. The number of nitrogens with zero attached hydrogens (tertiary/aromatic N) is 3. The van der Waals surface area contributed by atoms with Gasteiger partial charge >= 0.3 is 0 Å². The highest BCUT2D eigenvalue weighted by Crippen LogP contribution is 2.32. The molecule has 0 unspecified atom stereocenters. The predicted molar refractivity (Wildman–Crippen MR) is 78.9 cm³/mol. The fourth-order valence-electron chi connectivity index (χ4n) is 2.00. The number of amides is 1. The smallest absolute Gasteiger partial charge is 0.278 e. The molecule has 0 aliphatic rings. The van der Waals surface area contributed by atoms with E-state index < -0.39 is 0 Å². The standard InChI is InChI=1S/C14H11ClN4O2/c1-21-13-9(15)5-4-6-10(13)16-14(20)12-11-7-2-3-8-19(11)18-17-12/h2-8H,1H3,(H,16,20). The molecule has 0 aliphatic heterocycles. The summed E-state index contributed by atoms with van der Waals surface area (Å²) < 4.78 is 6.73. The van der Waals surface area contributed by atoms with Crippen LogP contribution in [0.2, 0.25) is 5.02 Å². The molecular formula is C14H11ClN4O2. The second-order valence-electron chi connectivity index (χ2n) is 4.24. The van der Waals surface area contributed by atoms with Crippen molar-refractivity contribution < 1.29 is 9.53 Å². The lowest BCUT2D eigenvalue weighted by Crippen LogP contribution is -2.13. The first-order chi connectivity index (χ1) is 10.2. The van der Waals surface area contributed by atoms with E-state index in [0.717, 1.165) is 0 Å². The Balaban J connectivity index is 1.95. The largest absolute Gasteiger partial charge is 0.493 e. The van der Waals surface area contributed by atoms with Crippen LogP contribution in [0.5, 0.6) is 5.75 Å². The Labute approximate surface area is 125 Å². The van der Waals surface area contributed by atoms with Gasteiger partial charge in [0.15, 0.2) is 11.4 Å². The number of carbonyl (C=O) groups excluding carboxylic acids is 1. The Morgan fingerprint density at radius 1 is 1.29 bits per heavy atom. The molecule has 0 fully saturated rings. The molecule has 6 nitrogen and oxygen atoms in total. The van der Waals surface area contributed by atoms with Gasteiger partial charge in [-0.05, 0) is 24.3 Å². The molecule has 0 radical (unpaired) electrons. The predicted octanol–water partition coefficient (Wildman–Crippen LogP) is 2.64. The third-order valence-electron chi connectivity index (χ3n) is 2.96. The molecule has 0 saturated heterocycles. The summed E-state index contributed by atoms with van der Waals surface area (Å²) in [6, 6.07) is 10.5. The molecule has 0 spiro atoms. The van der Waals surface area contributed by atoms with E-state index in [4.69, 9.17) is 16.3 Å². The van der Waals surface area contributed by atoms with Gasteiger partial charge in [0.05, 0.1) is 23.3 Å². The topological polar surface area (TPSA) is 68.5 Å². The highest BCUT2D eigenvalue weighted by Gasteiger charge is 2.17. The van der Waals surface area contributed by atoms with Crippen LogP contribution >= 0.6 is 11.6 Å². The van der Waals surface area contributed by atoms with Crippen LogP contribution in [-0.2, 0) is 0 Å². The number of carbonyl (C=O) groups is 1. The van der Waals surface area contributed by atoms with Crippen LogP contribution in [0.3, 0.4) is 0 Å². The van der Waals surface area contributed by atoms with Gasteiger partial charge in [0.25, 0.3) is 5.91 Å². The lowest BCUT2D eigenvalue weighted by Gasteiger charge is -2.10. The van der Waals surface area contributed by atoms with Gasteiger partial charge in [-0.3, -0.25) is 4.79 Å². The number of para-hydroxylation sites is 1. The molecule has 7 heteroatoms. The van der Waals surface area contributed by atoms with Crippen molar-refractivity contribution in [1.82, 2.24) is 14.8 Å². The molecule has 0 bridgehead atoms. The van der Waals surface area contributed by atoms with Gasteiger partial charge in [0.1, 0.15) is 0 Å². The van der Waals surface area contributed by atoms with Crippen molar-refractivity contribution in [3.8, 4) is 5.75 Å². The van der Waals surface area contributed by atoms with Gasteiger partial charge in [-0.25, -0.2) is 4.52 Å². The van der Waals surface area contributed by atoms with Gasteiger partial charge in [-0.2, -0.15) is 0 Å². The van der Waals surface area contributed by atoms with E-state index in [0.29, 0.717) is 22.0 Å². The Morgan fingerprint density at radius 2 is 2.14 bits per heavy atom. The van der Waals surface area contributed by atoms with Gasteiger partial charge in [-0.1, -0.05) is 28.9 Å². The van der Waals surface area contributed by atoms with E-state index in [1.807, 2.05) is 12.1 Å². The lowest BCUT2D eigenvalue weighted by molar-refractivity contribution is 0.102. The number of hydrogen-bond acceptors (Lipinski definition) is 4. The number of ether oxygens (including phenoxy) is 1. The molecule has 0 atom stereocenters. The molecular weight excluding hydrogens is 292 g/mol. The van der Waals surface area contributed by atoms with Crippen LogP contribution < -0.4 is 10.1 Å². The van der Waals surface area contributed by atoms with Crippen molar-refractivity contribution in [2.75, 3.05) is 12.4 Å². The number of halogens is 1. The monoisotopic (exact) mass is 302 g/mol. The highest BCUT2D eigenvalue weighted by molar-refractivity contribution is 6.32. The van der Waals surface area contributed by atoms with Crippen LogP contribution in [0, 0.1) is 0 Å². The normalized spacial score (nSPS) is 10.6. The number of hydrogen-bond donors (Lipinski definition) is 1. The molecule has 2 aromatic heterocycles. The molecule has 0 saturated carbocycles. The molecule has 1 amide bonds. The number of pyridine rings is 1. The first kappa shape index (κ1) is 13.4. The molecule has 0 aliphatic carbocycles. The van der Waals surface area contributed by atoms with Crippen molar-refractivity contribution in [3.05, 3.63) is 53.3 Å². The van der Waals surface area contributed by atoms with E-state index in [-0.39, 0.29) is 11.6 Å². The van der Waals surface area contributed by atoms with Crippen molar-refractivity contribution in [1.29, 1.82) is 0 Å².